The molecule has 0 spiro atoms. The summed E-state index contributed by atoms with van der Waals surface area (Å²) in [7, 11) is -4.42. The number of carbonyl (C=O) groups is 1. The van der Waals surface area contributed by atoms with Crippen LogP contribution in [-0.4, -0.2) is 80.5 Å². The van der Waals surface area contributed by atoms with Crippen molar-refractivity contribution in [1.29, 1.82) is 0 Å². The number of aromatic hydroxyl groups is 1. The van der Waals surface area contributed by atoms with Gasteiger partial charge in [0.1, 0.15) is 11.3 Å². The molecule has 0 aliphatic carbocycles. The van der Waals surface area contributed by atoms with Gasteiger partial charge in [-0.3, -0.25) is 4.55 Å². The molecule has 0 saturated heterocycles. The van der Waals surface area contributed by atoms with Crippen LogP contribution in [0, 0.1) is 0 Å². The molecule has 0 aliphatic rings. The predicted molar refractivity (Wildman–Crippen MR) is 52.0 cm³/mol. The van der Waals surface area contributed by atoms with Crippen LogP contribution in [0.2, 0.25) is 0 Å². The summed E-state index contributed by atoms with van der Waals surface area (Å²) >= 11 is 0. The van der Waals surface area contributed by atoms with E-state index in [1.165, 1.54) is 0 Å². The van der Waals surface area contributed by atoms with Crippen molar-refractivity contribution in [3.8, 4) is 5.75 Å². The van der Waals surface area contributed by atoms with Gasteiger partial charge in [-0.15, -0.1) is 0 Å². The van der Waals surface area contributed by atoms with E-state index in [0.29, 0.717) is 6.07 Å². The number of phenols is 1. The van der Waals surface area contributed by atoms with Crippen molar-refractivity contribution in [3.63, 3.8) is 0 Å². The van der Waals surface area contributed by atoms with Crippen LogP contribution in [-0.2, 0) is 10.1 Å². The zero-order chi connectivity index (χ0) is 10.9. The van der Waals surface area contributed by atoms with Crippen LogP contribution in [0.15, 0.2) is 23.1 Å². The van der Waals surface area contributed by atoms with Gasteiger partial charge in [-0.1, -0.05) is 0 Å². The van der Waals surface area contributed by atoms with Crippen molar-refractivity contribution < 1.29 is 28.0 Å². The molecule has 78 valence electrons. The van der Waals surface area contributed by atoms with E-state index in [9.17, 15) is 13.2 Å². The van der Waals surface area contributed by atoms with Gasteiger partial charge in [0.05, 0.1) is 4.90 Å². The van der Waals surface area contributed by atoms with E-state index in [0.717, 1.165) is 12.1 Å². The van der Waals surface area contributed by atoms with Gasteiger partial charge in [0, 0.05) is 6.07 Å². The fraction of sp³-hybridized carbons (Fsp3) is 0. The van der Waals surface area contributed by atoms with Crippen LogP contribution in [0.1, 0.15) is 10.4 Å². The Morgan fingerprint density at radius 1 is 1.27 bits per heavy atom. The van der Waals surface area contributed by atoms with E-state index in [1.807, 2.05) is 0 Å². The Kier molecular flexibility index (Phi) is 5.40. The van der Waals surface area contributed by atoms with Crippen molar-refractivity contribution in [2.24, 2.45) is 0 Å². The molecular formula is C7H7KO6S. The summed E-state index contributed by atoms with van der Waals surface area (Å²) in [5, 5.41) is 17.6. The molecule has 1 aromatic carbocycles. The topological polar surface area (TPSA) is 112 Å². The van der Waals surface area contributed by atoms with Crippen molar-refractivity contribution in [2.75, 3.05) is 0 Å². The normalized spacial score (nSPS) is 10.5. The second kappa shape index (κ2) is 5.39. The molecular weight excluding hydrogens is 251 g/mol. The second-order valence-electron chi connectivity index (χ2n) is 2.46. The third-order valence-electron chi connectivity index (χ3n) is 1.50. The van der Waals surface area contributed by atoms with E-state index >= 15 is 0 Å². The fourth-order valence-electron chi connectivity index (χ4n) is 0.853. The number of carboxylic acid groups (broad SMARTS) is 1. The first kappa shape index (κ1) is 15.0. The number of hydrogen-bond donors (Lipinski definition) is 3. The summed E-state index contributed by atoms with van der Waals surface area (Å²) in [5.74, 6) is -2.10. The molecule has 0 atom stereocenters. The third kappa shape index (κ3) is 3.83. The van der Waals surface area contributed by atoms with Gasteiger partial charge in [0.2, 0.25) is 0 Å². The quantitative estimate of drug-likeness (QED) is 0.495. The van der Waals surface area contributed by atoms with Gasteiger partial charge >= 0.3 is 57.4 Å². The summed E-state index contributed by atoms with van der Waals surface area (Å²) in [4.78, 5) is 9.86. The summed E-state index contributed by atoms with van der Waals surface area (Å²) < 4.78 is 29.7. The maximum absolute atomic E-state index is 10.6. The van der Waals surface area contributed by atoms with Crippen LogP contribution in [0.3, 0.4) is 0 Å². The number of benzene rings is 1. The van der Waals surface area contributed by atoms with Gasteiger partial charge in [0.15, 0.2) is 0 Å². The minimum absolute atomic E-state index is 0. The molecule has 3 N–H and O–H groups in total. The Bertz CT molecular complexity index is 480. The number of hydrogen-bond acceptors (Lipinski definition) is 4. The molecule has 8 heteroatoms. The van der Waals surface area contributed by atoms with E-state index < -0.39 is 32.3 Å². The monoisotopic (exact) mass is 258 g/mol. The first-order valence-corrected chi connectivity index (χ1v) is 4.80. The SMILES string of the molecule is O=C(O)c1ccc(S(=O)(=O)O)cc1O.[KH]. The van der Waals surface area contributed by atoms with E-state index in [4.69, 9.17) is 14.8 Å². The van der Waals surface area contributed by atoms with Crippen molar-refractivity contribution in [2.45, 2.75) is 4.90 Å². The van der Waals surface area contributed by atoms with Gasteiger partial charge in [0.25, 0.3) is 10.1 Å². The molecule has 0 amide bonds. The molecule has 0 unspecified atom stereocenters. The van der Waals surface area contributed by atoms with E-state index in [-0.39, 0.29) is 51.4 Å². The van der Waals surface area contributed by atoms with Crippen molar-refractivity contribution in [1.82, 2.24) is 0 Å². The summed E-state index contributed by atoms with van der Waals surface area (Å²) in [6, 6.07) is 2.44. The Labute approximate surface area is 128 Å². The average molecular weight is 258 g/mol. The van der Waals surface area contributed by atoms with Gasteiger partial charge in [-0.05, 0) is 12.1 Å². The molecule has 15 heavy (non-hydrogen) atoms. The molecule has 1 aromatic rings. The Balaban J connectivity index is 0.00000196. The minimum atomic E-state index is -4.42. The average Bonchev–Trinajstić information content (AvgIpc) is 2.01. The number of carboxylic acids is 1. The van der Waals surface area contributed by atoms with Gasteiger partial charge in [-0.2, -0.15) is 8.42 Å². The molecule has 6 nitrogen and oxygen atoms in total. The maximum atomic E-state index is 10.6. The van der Waals surface area contributed by atoms with Gasteiger partial charge in [-0.25, -0.2) is 4.79 Å². The van der Waals surface area contributed by atoms with Crippen LogP contribution in [0.4, 0.5) is 0 Å². The Morgan fingerprint density at radius 3 is 2.13 bits per heavy atom. The first-order valence-electron chi connectivity index (χ1n) is 3.36. The zero-order valence-corrected chi connectivity index (χ0v) is 7.52. The molecule has 0 radical (unpaired) electrons. The Morgan fingerprint density at radius 2 is 1.80 bits per heavy atom. The molecule has 0 bridgehead atoms. The molecule has 1 rings (SSSR count). The van der Waals surface area contributed by atoms with Crippen LogP contribution < -0.4 is 0 Å². The van der Waals surface area contributed by atoms with Crippen LogP contribution >= 0.6 is 0 Å². The molecule has 0 heterocycles. The zero-order valence-electron chi connectivity index (χ0n) is 6.71. The summed E-state index contributed by atoms with van der Waals surface area (Å²) in [6.07, 6.45) is 0. The number of aromatic carboxylic acids is 1. The second-order valence-corrected chi connectivity index (χ2v) is 3.88. The predicted octanol–water partition coefficient (Wildman–Crippen LogP) is -0.311. The van der Waals surface area contributed by atoms with Crippen LogP contribution in [0.25, 0.3) is 0 Å². The Hall–Kier alpha value is 0.0364. The van der Waals surface area contributed by atoms with Gasteiger partial charge < -0.3 is 10.2 Å². The molecule has 0 aromatic heterocycles. The first-order chi connectivity index (χ1) is 6.32. The summed E-state index contributed by atoms with van der Waals surface area (Å²) in [5.41, 5.74) is -0.433. The fourth-order valence-corrected chi connectivity index (χ4v) is 1.35. The molecule has 0 fully saturated rings. The third-order valence-corrected chi connectivity index (χ3v) is 2.35. The number of rotatable bonds is 2. The molecule has 0 saturated carbocycles. The van der Waals surface area contributed by atoms with Crippen LogP contribution in [0.5, 0.6) is 5.75 Å². The van der Waals surface area contributed by atoms with Crippen molar-refractivity contribution >= 4 is 67.5 Å². The molecule has 0 aliphatic heterocycles. The summed E-state index contributed by atoms with van der Waals surface area (Å²) in [6.45, 7) is 0. The van der Waals surface area contributed by atoms with E-state index in [2.05, 4.69) is 0 Å². The standard InChI is InChI=1S/C7H6O6S.K.H/c8-6-3-4(14(11,12)13)1-2-5(6)7(9)10;;/h1-3,8H,(H,9,10)(H,11,12,13);;. The van der Waals surface area contributed by atoms with E-state index in [1.54, 1.807) is 0 Å². The van der Waals surface area contributed by atoms with Crippen molar-refractivity contribution in [3.05, 3.63) is 23.8 Å².